The highest BCUT2D eigenvalue weighted by atomic mass is 35.5. The van der Waals surface area contributed by atoms with Gasteiger partial charge in [0.05, 0.1) is 0 Å². The number of aromatic nitrogens is 1. The summed E-state index contributed by atoms with van der Waals surface area (Å²) in [6.45, 7) is 0.609. The van der Waals surface area contributed by atoms with Gasteiger partial charge in [-0.25, -0.2) is 13.8 Å². The van der Waals surface area contributed by atoms with Gasteiger partial charge in [0, 0.05) is 36.0 Å². The molecule has 0 aliphatic rings. The van der Waals surface area contributed by atoms with E-state index in [-0.39, 0.29) is 12.1 Å². The molecule has 5 heteroatoms. The van der Waals surface area contributed by atoms with E-state index in [0.29, 0.717) is 11.7 Å². The molecule has 122 valence electrons. The Morgan fingerprint density at radius 3 is 2.42 bits per heavy atom. The second-order valence-corrected chi connectivity index (χ2v) is 5.71. The Kier molecular flexibility index (Phi) is 5.18. The summed E-state index contributed by atoms with van der Waals surface area (Å²) in [5, 5.41) is 3.47. The fourth-order valence-corrected chi connectivity index (χ4v) is 2.59. The first-order valence-corrected chi connectivity index (χ1v) is 7.86. The number of nitrogens with zero attached hydrogens (tertiary/aromatic N) is 1. The number of hydrogen-bond donors (Lipinski definition) is 1. The first-order valence-electron chi connectivity index (χ1n) is 7.48. The van der Waals surface area contributed by atoms with Crippen LogP contribution in [0.4, 0.5) is 8.78 Å². The summed E-state index contributed by atoms with van der Waals surface area (Å²) in [6.07, 6.45) is 1.72. The Morgan fingerprint density at radius 1 is 0.875 bits per heavy atom. The van der Waals surface area contributed by atoms with Gasteiger partial charge in [0.1, 0.15) is 5.15 Å². The Hall–Kier alpha value is -2.30. The minimum Gasteiger partial charge on any atom is -0.308 e. The zero-order valence-electron chi connectivity index (χ0n) is 12.8. The molecule has 0 bridgehead atoms. The van der Waals surface area contributed by atoms with Gasteiger partial charge in [-0.2, -0.15) is 0 Å². The molecule has 1 heterocycles. The van der Waals surface area contributed by atoms with Crippen LogP contribution in [0.25, 0.3) is 11.1 Å². The lowest BCUT2D eigenvalue weighted by Gasteiger charge is -2.09. The number of pyridine rings is 1. The molecule has 2 aromatic carbocycles. The highest BCUT2D eigenvalue weighted by Crippen LogP contribution is 2.23. The van der Waals surface area contributed by atoms with Crippen molar-refractivity contribution in [3.63, 3.8) is 0 Å². The van der Waals surface area contributed by atoms with Gasteiger partial charge in [-0.1, -0.05) is 54.1 Å². The molecule has 0 atom stereocenters. The van der Waals surface area contributed by atoms with Crippen molar-refractivity contribution in [3.05, 3.63) is 88.7 Å². The molecule has 0 saturated carbocycles. The largest absolute Gasteiger partial charge is 0.308 e. The maximum atomic E-state index is 13.6. The van der Waals surface area contributed by atoms with Crippen LogP contribution in [0.1, 0.15) is 11.1 Å². The summed E-state index contributed by atoms with van der Waals surface area (Å²) in [6, 6.07) is 15.9. The van der Waals surface area contributed by atoms with E-state index in [4.69, 9.17) is 11.6 Å². The predicted molar refractivity (Wildman–Crippen MR) is 91.6 cm³/mol. The van der Waals surface area contributed by atoms with E-state index in [1.165, 1.54) is 6.07 Å². The van der Waals surface area contributed by atoms with E-state index >= 15 is 0 Å². The molecule has 1 N–H and O–H groups in total. The molecule has 0 spiro atoms. The summed E-state index contributed by atoms with van der Waals surface area (Å²) in [5.41, 5.74) is 3.07. The lowest BCUT2D eigenvalue weighted by atomic mass is 10.1. The molecule has 24 heavy (non-hydrogen) atoms. The molecular weight excluding hydrogens is 330 g/mol. The third-order valence-electron chi connectivity index (χ3n) is 3.68. The van der Waals surface area contributed by atoms with Gasteiger partial charge in [-0.15, -0.1) is 0 Å². The highest BCUT2D eigenvalue weighted by molar-refractivity contribution is 6.30. The standard InChI is InChI=1S/C19H15ClF2N2/c20-19-16(9-15(12-24-19)13-5-2-1-3-6-13)11-23-10-14-7-4-8-17(21)18(14)22/h1-9,12,23H,10-11H2. The van der Waals surface area contributed by atoms with Crippen molar-refractivity contribution in [1.29, 1.82) is 0 Å². The third-order valence-corrected chi connectivity index (χ3v) is 4.02. The predicted octanol–water partition coefficient (Wildman–Crippen LogP) is 4.97. The van der Waals surface area contributed by atoms with Crippen LogP contribution >= 0.6 is 11.6 Å². The minimum absolute atomic E-state index is 0.204. The van der Waals surface area contributed by atoms with Crippen LogP contribution in [0.5, 0.6) is 0 Å². The maximum Gasteiger partial charge on any atom is 0.163 e. The SMILES string of the molecule is Fc1cccc(CNCc2cc(-c3ccccc3)cnc2Cl)c1F. The molecule has 0 aliphatic carbocycles. The fraction of sp³-hybridized carbons (Fsp3) is 0.105. The number of halogens is 3. The molecule has 0 amide bonds. The van der Waals surface area contributed by atoms with Crippen LogP contribution in [0, 0.1) is 11.6 Å². The number of hydrogen-bond acceptors (Lipinski definition) is 2. The van der Waals surface area contributed by atoms with Gasteiger partial charge in [-0.3, -0.25) is 0 Å². The molecule has 0 radical (unpaired) electrons. The second-order valence-electron chi connectivity index (χ2n) is 5.36. The second kappa shape index (κ2) is 7.51. The molecular formula is C19H15ClF2N2. The van der Waals surface area contributed by atoms with Gasteiger partial charge < -0.3 is 5.32 Å². The number of benzene rings is 2. The van der Waals surface area contributed by atoms with Gasteiger partial charge >= 0.3 is 0 Å². The van der Waals surface area contributed by atoms with E-state index in [2.05, 4.69) is 10.3 Å². The summed E-state index contributed by atoms with van der Waals surface area (Å²) in [4.78, 5) is 4.20. The molecule has 0 aliphatic heterocycles. The fourth-order valence-electron chi connectivity index (χ4n) is 2.42. The van der Waals surface area contributed by atoms with Crippen molar-refractivity contribution >= 4 is 11.6 Å². The van der Waals surface area contributed by atoms with E-state index in [1.807, 2.05) is 36.4 Å². The van der Waals surface area contributed by atoms with Crippen molar-refractivity contribution in [2.45, 2.75) is 13.1 Å². The first-order chi connectivity index (χ1) is 11.6. The van der Waals surface area contributed by atoms with Crippen LogP contribution in [0.15, 0.2) is 60.8 Å². The average molecular weight is 345 g/mol. The summed E-state index contributed by atoms with van der Waals surface area (Å²) in [5.74, 6) is -1.67. The lowest BCUT2D eigenvalue weighted by Crippen LogP contribution is -2.15. The molecule has 0 fully saturated rings. The molecule has 3 rings (SSSR count). The minimum atomic E-state index is -0.847. The molecule has 2 nitrogen and oxygen atoms in total. The third kappa shape index (κ3) is 3.78. The molecule has 1 aromatic heterocycles. The zero-order valence-corrected chi connectivity index (χ0v) is 13.5. The van der Waals surface area contributed by atoms with Crippen LogP contribution in [0.2, 0.25) is 5.15 Å². The summed E-state index contributed by atoms with van der Waals surface area (Å²) in [7, 11) is 0. The Bertz CT molecular complexity index is 838. The summed E-state index contributed by atoms with van der Waals surface area (Å²) < 4.78 is 26.8. The Morgan fingerprint density at radius 2 is 1.62 bits per heavy atom. The van der Waals surface area contributed by atoms with E-state index in [0.717, 1.165) is 22.8 Å². The van der Waals surface area contributed by atoms with Crippen molar-refractivity contribution in [2.24, 2.45) is 0 Å². The van der Waals surface area contributed by atoms with Crippen molar-refractivity contribution < 1.29 is 8.78 Å². The smallest absolute Gasteiger partial charge is 0.163 e. The number of nitrogens with one attached hydrogen (secondary N) is 1. The Labute approximate surface area is 144 Å². The highest BCUT2D eigenvalue weighted by Gasteiger charge is 2.09. The maximum absolute atomic E-state index is 13.6. The van der Waals surface area contributed by atoms with Crippen molar-refractivity contribution in [3.8, 4) is 11.1 Å². The molecule has 0 unspecified atom stereocenters. The van der Waals surface area contributed by atoms with Crippen molar-refractivity contribution in [2.75, 3.05) is 0 Å². The number of rotatable bonds is 5. The first kappa shape index (κ1) is 16.6. The quantitative estimate of drug-likeness (QED) is 0.661. The van der Waals surface area contributed by atoms with E-state index < -0.39 is 11.6 Å². The monoisotopic (exact) mass is 344 g/mol. The lowest BCUT2D eigenvalue weighted by molar-refractivity contribution is 0.492. The molecule has 0 saturated heterocycles. The van der Waals surface area contributed by atoms with Gasteiger partial charge in [0.2, 0.25) is 0 Å². The van der Waals surface area contributed by atoms with Crippen LogP contribution < -0.4 is 5.32 Å². The van der Waals surface area contributed by atoms with Crippen LogP contribution in [0.3, 0.4) is 0 Å². The average Bonchev–Trinajstić information content (AvgIpc) is 2.61. The van der Waals surface area contributed by atoms with Gasteiger partial charge in [-0.05, 0) is 17.7 Å². The topological polar surface area (TPSA) is 24.9 Å². The van der Waals surface area contributed by atoms with E-state index in [9.17, 15) is 8.78 Å². The van der Waals surface area contributed by atoms with Crippen LogP contribution in [-0.4, -0.2) is 4.98 Å². The van der Waals surface area contributed by atoms with Crippen molar-refractivity contribution in [1.82, 2.24) is 10.3 Å². The Balaban J connectivity index is 1.72. The normalized spacial score (nSPS) is 10.8. The summed E-state index contributed by atoms with van der Waals surface area (Å²) >= 11 is 6.14. The van der Waals surface area contributed by atoms with Gasteiger partial charge in [0.25, 0.3) is 0 Å². The van der Waals surface area contributed by atoms with Gasteiger partial charge in [0.15, 0.2) is 11.6 Å². The zero-order chi connectivity index (χ0) is 16.9. The van der Waals surface area contributed by atoms with Crippen LogP contribution in [-0.2, 0) is 13.1 Å². The molecule has 3 aromatic rings. The van der Waals surface area contributed by atoms with E-state index in [1.54, 1.807) is 12.3 Å².